The Morgan fingerprint density at radius 1 is 0.837 bits per heavy atom. The van der Waals surface area contributed by atoms with Crippen molar-refractivity contribution in [3.05, 3.63) is 112 Å². The number of alkyl halides is 3. The lowest BCUT2D eigenvalue weighted by Gasteiger charge is -2.23. The van der Waals surface area contributed by atoms with E-state index in [1.54, 1.807) is 39.0 Å². The van der Waals surface area contributed by atoms with Gasteiger partial charge in [-0.1, -0.05) is 53.6 Å². The minimum Gasteiger partial charge on any atom is -0.475 e. The summed E-state index contributed by atoms with van der Waals surface area (Å²) in [5.41, 5.74) is 4.78. The van der Waals surface area contributed by atoms with Gasteiger partial charge in [0.25, 0.3) is 11.8 Å². The van der Waals surface area contributed by atoms with Crippen LogP contribution in [0, 0.1) is 6.92 Å². The fourth-order valence-electron chi connectivity index (χ4n) is 4.60. The number of fused-ring (bicyclic) bond motifs is 1. The fraction of sp³-hybridized carbons (Fsp3) is 0.226. The maximum absolute atomic E-state index is 13.5. The maximum atomic E-state index is 13.5. The molecular formula is C31H27ClF3N3O5. The quantitative estimate of drug-likeness (QED) is 0.393. The minimum absolute atomic E-state index is 0.00502. The maximum Gasteiger partial charge on any atom is 0.490 e. The van der Waals surface area contributed by atoms with Gasteiger partial charge >= 0.3 is 12.1 Å². The number of rotatable bonds is 4. The monoisotopic (exact) mass is 613 g/mol. The molecule has 0 spiro atoms. The van der Waals surface area contributed by atoms with Crippen LogP contribution in [0.3, 0.4) is 0 Å². The highest BCUT2D eigenvalue weighted by Crippen LogP contribution is 2.29. The summed E-state index contributed by atoms with van der Waals surface area (Å²) in [5.74, 6) is -3.14. The molecule has 5 rings (SSSR count). The Morgan fingerprint density at radius 2 is 1.37 bits per heavy atom. The second-order valence-electron chi connectivity index (χ2n) is 9.96. The first-order valence-corrected chi connectivity index (χ1v) is 13.5. The Kier molecular flexibility index (Phi) is 9.55. The van der Waals surface area contributed by atoms with Crippen molar-refractivity contribution in [2.45, 2.75) is 26.2 Å². The standard InChI is InChI=1S/C29H26ClN3O3.C2HF3O2/c1-20-4-13-26-24(16-20)18-32(29(36)23-9-11-25(30)12-10-23)19-27(34)33(26)17-21-5-7-22(8-6-21)28(35)31-14-2-3-15-31;3-2(4,5)1(6)7/h2-13,16H,14-15,17-19H2,1H3;(H,6,7). The zero-order valence-corrected chi connectivity index (χ0v) is 23.7. The zero-order valence-electron chi connectivity index (χ0n) is 23.0. The second kappa shape index (κ2) is 13.1. The summed E-state index contributed by atoms with van der Waals surface area (Å²) in [4.78, 5) is 53.3. The van der Waals surface area contributed by atoms with Gasteiger partial charge in [0.2, 0.25) is 5.91 Å². The van der Waals surface area contributed by atoms with Crippen molar-refractivity contribution in [3.8, 4) is 0 Å². The summed E-state index contributed by atoms with van der Waals surface area (Å²) in [6.45, 7) is 3.90. The predicted molar refractivity (Wildman–Crippen MR) is 154 cm³/mol. The third-order valence-corrected chi connectivity index (χ3v) is 7.03. The number of halogens is 4. The first kappa shape index (κ1) is 31.3. The number of carbonyl (C=O) groups excluding carboxylic acids is 3. The summed E-state index contributed by atoms with van der Waals surface area (Å²) in [7, 11) is 0. The number of nitrogens with zero attached hydrogens (tertiary/aromatic N) is 3. The smallest absolute Gasteiger partial charge is 0.475 e. The summed E-state index contributed by atoms with van der Waals surface area (Å²) in [6.07, 6.45) is -1.12. The van der Waals surface area contributed by atoms with Crippen molar-refractivity contribution in [1.82, 2.24) is 9.80 Å². The lowest BCUT2D eigenvalue weighted by molar-refractivity contribution is -0.192. The molecule has 0 bridgehead atoms. The number of anilines is 1. The molecule has 3 aromatic carbocycles. The Bertz CT molecular complexity index is 1550. The van der Waals surface area contributed by atoms with Gasteiger partial charge in [0, 0.05) is 41.5 Å². The molecule has 0 saturated heterocycles. The normalized spacial score (nSPS) is 14.5. The predicted octanol–water partition coefficient (Wildman–Crippen LogP) is 5.48. The van der Waals surface area contributed by atoms with Gasteiger partial charge in [0.05, 0.1) is 6.54 Å². The minimum atomic E-state index is -5.08. The van der Waals surface area contributed by atoms with Gasteiger partial charge in [-0.3, -0.25) is 14.4 Å². The number of carboxylic acid groups (broad SMARTS) is 1. The summed E-state index contributed by atoms with van der Waals surface area (Å²) in [6, 6.07) is 20.0. The molecule has 0 aromatic heterocycles. The van der Waals surface area contributed by atoms with E-state index in [1.807, 2.05) is 61.5 Å². The highest BCUT2D eigenvalue weighted by Gasteiger charge is 2.38. The van der Waals surface area contributed by atoms with Crippen molar-refractivity contribution in [1.29, 1.82) is 0 Å². The molecule has 0 radical (unpaired) electrons. The van der Waals surface area contributed by atoms with Crippen molar-refractivity contribution >= 4 is 41.0 Å². The van der Waals surface area contributed by atoms with E-state index in [4.69, 9.17) is 21.5 Å². The summed E-state index contributed by atoms with van der Waals surface area (Å²) in [5, 5.41) is 7.68. The van der Waals surface area contributed by atoms with Crippen LogP contribution in [0.5, 0.6) is 0 Å². The van der Waals surface area contributed by atoms with Crippen molar-refractivity contribution in [3.63, 3.8) is 0 Å². The summed E-state index contributed by atoms with van der Waals surface area (Å²) >= 11 is 5.98. The molecule has 3 aromatic rings. The number of hydrogen-bond donors (Lipinski definition) is 1. The van der Waals surface area contributed by atoms with Crippen LogP contribution in [0.1, 0.15) is 37.4 Å². The Balaban J connectivity index is 0.000000541. The van der Waals surface area contributed by atoms with E-state index in [1.165, 1.54) is 0 Å². The Labute approximate surface area is 250 Å². The van der Waals surface area contributed by atoms with Crippen molar-refractivity contribution in [2.24, 2.45) is 0 Å². The Hall–Kier alpha value is -4.64. The topological polar surface area (TPSA) is 98.2 Å². The highest BCUT2D eigenvalue weighted by molar-refractivity contribution is 6.30. The third kappa shape index (κ3) is 7.81. The van der Waals surface area contributed by atoms with Crippen LogP contribution in [-0.4, -0.2) is 64.4 Å². The van der Waals surface area contributed by atoms with Gasteiger partial charge < -0.3 is 19.8 Å². The first-order valence-electron chi connectivity index (χ1n) is 13.1. The average molecular weight is 614 g/mol. The average Bonchev–Trinajstić information content (AvgIpc) is 3.47. The van der Waals surface area contributed by atoms with E-state index in [0.717, 1.165) is 22.4 Å². The molecule has 2 aliphatic rings. The number of amides is 3. The number of hydrogen-bond acceptors (Lipinski definition) is 4. The van der Waals surface area contributed by atoms with Crippen molar-refractivity contribution in [2.75, 3.05) is 24.5 Å². The molecular weight excluding hydrogens is 587 g/mol. The number of benzene rings is 3. The van der Waals surface area contributed by atoms with Crippen molar-refractivity contribution < 1.29 is 37.5 Å². The molecule has 0 saturated carbocycles. The molecule has 1 N–H and O–H groups in total. The van der Waals surface area contributed by atoms with Gasteiger partial charge in [-0.15, -0.1) is 0 Å². The molecule has 43 heavy (non-hydrogen) atoms. The molecule has 224 valence electrons. The number of carbonyl (C=O) groups is 4. The highest BCUT2D eigenvalue weighted by atomic mass is 35.5. The lowest BCUT2D eigenvalue weighted by Crippen LogP contribution is -2.39. The second-order valence-corrected chi connectivity index (χ2v) is 10.4. The van der Waals surface area contributed by atoms with Crippen LogP contribution in [0.4, 0.5) is 18.9 Å². The molecule has 0 aliphatic carbocycles. The fourth-order valence-corrected chi connectivity index (χ4v) is 4.73. The largest absolute Gasteiger partial charge is 0.490 e. The van der Waals surface area contributed by atoms with Crippen LogP contribution < -0.4 is 4.90 Å². The summed E-state index contributed by atoms with van der Waals surface area (Å²) < 4.78 is 31.7. The van der Waals surface area contributed by atoms with Crippen LogP contribution in [-0.2, 0) is 22.7 Å². The number of aryl methyl sites for hydroxylation is 1. The molecule has 3 amide bonds. The molecule has 8 nitrogen and oxygen atoms in total. The van der Waals surface area contributed by atoms with Gasteiger partial charge in [0.1, 0.15) is 6.54 Å². The van der Waals surface area contributed by atoms with Gasteiger partial charge in [-0.25, -0.2) is 4.79 Å². The van der Waals surface area contributed by atoms with Crippen LogP contribution in [0.15, 0.2) is 78.9 Å². The zero-order chi connectivity index (χ0) is 31.3. The molecule has 0 fully saturated rings. The van der Waals surface area contributed by atoms with Crippen LogP contribution in [0.2, 0.25) is 5.02 Å². The first-order chi connectivity index (χ1) is 20.3. The molecule has 2 heterocycles. The number of carboxylic acids is 1. The Morgan fingerprint density at radius 3 is 1.93 bits per heavy atom. The van der Waals surface area contributed by atoms with E-state index < -0.39 is 12.1 Å². The molecule has 0 atom stereocenters. The van der Waals surface area contributed by atoms with E-state index >= 15 is 0 Å². The number of aliphatic carboxylic acids is 1. The molecule has 0 unspecified atom stereocenters. The van der Waals surface area contributed by atoms with E-state index in [-0.39, 0.29) is 24.3 Å². The van der Waals surface area contributed by atoms with Gasteiger partial charge in [0.15, 0.2) is 0 Å². The third-order valence-electron chi connectivity index (χ3n) is 6.78. The van der Waals surface area contributed by atoms with Crippen LogP contribution >= 0.6 is 11.6 Å². The van der Waals surface area contributed by atoms with E-state index in [9.17, 15) is 27.6 Å². The van der Waals surface area contributed by atoms with Gasteiger partial charge in [-0.05, 0) is 60.5 Å². The van der Waals surface area contributed by atoms with Crippen LogP contribution in [0.25, 0.3) is 0 Å². The molecule has 12 heteroatoms. The van der Waals surface area contributed by atoms with E-state index in [0.29, 0.717) is 42.3 Å². The van der Waals surface area contributed by atoms with E-state index in [2.05, 4.69) is 0 Å². The SMILES string of the molecule is Cc1ccc2c(c1)CN(C(=O)c1ccc(Cl)cc1)CC(=O)N2Cc1ccc(C(=O)N2CC=CC2)cc1.O=C(O)C(F)(F)F. The van der Waals surface area contributed by atoms with Gasteiger partial charge in [-0.2, -0.15) is 13.2 Å². The lowest BCUT2D eigenvalue weighted by atomic mass is 10.1. The molecule has 2 aliphatic heterocycles.